The topological polar surface area (TPSA) is 52.6 Å². The van der Waals surface area contributed by atoms with Crippen molar-refractivity contribution < 1.29 is 9.90 Å². The van der Waals surface area contributed by atoms with Crippen molar-refractivity contribution in [3.63, 3.8) is 0 Å². The van der Waals surface area contributed by atoms with Crippen LogP contribution in [0.2, 0.25) is 10.0 Å². The number of aliphatic hydroxyl groups excluding tert-OH is 1. The molecule has 21 heavy (non-hydrogen) atoms. The molecule has 1 fully saturated rings. The number of nitrogens with zero attached hydrogens (tertiary/aromatic N) is 1. The van der Waals surface area contributed by atoms with E-state index in [9.17, 15) is 4.79 Å². The molecule has 116 valence electrons. The van der Waals surface area contributed by atoms with E-state index in [4.69, 9.17) is 28.3 Å². The number of rotatable bonds is 3. The molecule has 2 amide bonds. The number of carbonyl (C=O) groups is 1. The van der Waals surface area contributed by atoms with E-state index in [1.807, 2.05) is 13.0 Å². The third-order valence-corrected chi connectivity index (χ3v) is 4.49. The molecule has 1 aromatic carbocycles. The van der Waals surface area contributed by atoms with Crippen LogP contribution in [0.3, 0.4) is 0 Å². The molecule has 1 atom stereocenters. The zero-order valence-electron chi connectivity index (χ0n) is 12.0. The molecule has 0 aliphatic carbocycles. The molecule has 0 saturated carbocycles. The number of nitrogens with one attached hydrogen (secondary N) is 1. The Morgan fingerprint density at radius 2 is 2.10 bits per heavy atom. The van der Waals surface area contributed by atoms with Crippen LogP contribution in [0.15, 0.2) is 18.2 Å². The van der Waals surface area contributed by atoms with Crippen molar-refractivity contribution in [3.05, 3.63) is 33.8 Å². The lowest BCUT2D eigenvalue weighted by Gasteiger charge is -2.32. The van der Waals surface area contributed by atoms with Crippen molar-refractivity contribution in [3.8, 4) is 0 Å². The molecule has 0 spiro atoms. The summed E-state index contributed by atoms with van der Waals surface area (Å²) in [6, 6.07) is 4.99. The van der Waals surface area contributed by atoms with Gasteiger partial charge in [-0.1, -0.05) is 29.3 Å². The second-order valence-corrected chi connectivity index (χ2v) is 6.29. The summed E-state index contributed by atoms with van der Waals surface area (Å²) >= 11 is 12.0. The SMILES string of the molecule is CC(NC(=O)N1CCC(CO)CC1)c1ccc(Cl)cc1Cl. The van der Waals surface area contributed by atoms with Gasteiger partial charge in [-0.25, -0.2) is 4.79 Å². The lowest BCUT2D eigenvalue weighted by Crippen LogP contribution is -2.45. The predicted molar refractivity (Wildman–Crippen MR) is 84.8 cm³/mol. The van der Waals surface area contributed by atoms with E-state index >= 15 is 0 Å². The number of hydrogen-bond acceptors (Lipinski definition) is 2. The predicted octanol–water partition coefficient (Wildman–Crippen LogP) is 3.47. The number of likely N-dealkylation sites (tertiary alicyclic amines) is 1. The monoisotopic (exact) mass is 330 g/mol. The molecule has 1 saturated heterocycles. The van der Waals surface area contributed by atoms with Gasteiger partial charge in [0.25, 0.3) is 0 Å². The lowest BCUT2D eigenvalue weighted by atomic mass is 9.98. The van der Waals surface area contributed by atoms with Gasteiger partial charge in [0.1, 0.15) is 0 Å². The van der Waals surface area contributed by atoms with Crippen LogP contribution in [0.5, 0.6) is 0 Å². The summed E-state index contributed by atoms with van der Waals surface area (Å²) in [7, 11) is 0. The summed E-state index contributed by atoms with van der Waals surface area (Å²) in [5.41, 5.74) is 0.847. The second kappa shape index (κ2) is 7.34. The molecule has 1 aliphatic rings. The standard InChI is InChI=1S/C15H20Cl2N2O2/c1-10(13-3-2-12(16)8-14(13)17)18-15(21)19-6-4-11(9-20)5-7-19/h2-3,8,10-11,20H,4-7,9H2,1H3,(H,18,21). The van der Waals surface area contributed by atoms with Crippen molar-refractivity contribution in [2.45, 2.75) is 25.8 Å². The quantitative estimate of drug-likeness (QED) is 0.891. The highest BCUT2D eigenvalue weighted by Crippen LogP contribution is 2.26. The number of piperidine rings is 1. The largest absolute Gasteiger partial charge is 0.396 e. The van der Waals surface area contributed by atoms with Crippen LogP contribution >= 0.6 is 23.2 Å². The molecule has 6 heteroatoms. The summed E-state index contributed by atoms with van der Waals surface area (Å²) in [6.07, 6.45) is 1.69. The fourth-order valence-electron chi connectivity index (χ4n) is 2.53. The fraction of sp³-hybridized carbons (Fsp3) is 0.533. The third kappa shape index (κ3) is 4.25. The van der Waals surface area contributed by atoms with Crippen molar-refractivity contribution in [2.24, 2.45) is 5.92 Å². The maximum Gasteiger partial charge on any atom is 0.317 e. The first-order chi connectivity index (χ1) is 10.0. The van der Waals surface area contributed by atoms with E-state index in [0.717, 1.165) is 18.4 Å². The van der Waals surface area contributed by atoms with Gasteiger partial charge in [-0.2, -0.15) is 0 Å². The molecule has 1 heterocycles. The maximum atomic E-state index is 12.2. The Hall–Kier alpha value is -0.970. The summed E-state index contributed by atoms with van der Waals surface area (Å²) in [5, 5.41) is 13.2. The molecule has 1 aliphatic heterocycles. The van der Waals surface area contributed by atoms with Crippen molar-refractivity contribution >= 4 is 29.2 Å². The van der Waals surface area contributed by atoms with Gasteiger partial charge in [0.2, 0.25) is 0 Å². The zero-order chi connectivity index (χ0) is 15.4. The summed E-state index contributed by atoms with van der Waals surface area (Å²) in [6.45, 7) is 3.45. The van der Waals surface area contributed by atoms with Gasteiger partial charge in [-0.05, 0) is 43.4 Å². The minimum absolute atomic E-state index is 0.0927. The normalized spacial score (nSPS) is 17.6. The van der Waals surface area contributed by atoms with Gasteiger partial charge < -0.3 is 15.3 Å². The van der Waals surface area contributed by atoms with Gasteiger partial charge >= 0.3 is 6.03 Å². The molecule has 2 N–H and O–H groups in total. The summed E-state index contributed by atoms with van der Waals surface area (Å²) in [4.78, 5) is 14.0. The molecule has 1 unspecified atom stereocenters. The third-order valence-electron chi connectivity index (χ3n) is 3.93. The minimum Gasteiger partial charge on any atom is -0.396 e. The highest BCUT2D eigenvalue weighted by Gasteiger charge is 2.23. The molecule has 4 nitrogen and oxygen atoms in total. The van der Waals surface area contributed by atoms with E-state index in [1.54, 1.807) is 17.0 Å². The van der Waals surface area contributed by atoms with Crippen LogP contribution in [-0.4, -0.2) is 35.7 Å². The van der Waals surface area contributed by atoms with Gasteiger partial charge in [-0.3, -0.25) is 0 Å². The fourth-order valence-corrected chi connectivity index (χ4v) is 3.10. The van der Waals surface area contributed by atoms with Gasteiger partial charge in [-0.15, -0.1) is 0 Å². The van der Waals surface area contributed by atoms with Crippen LogP contribution in [-0.2, 0) is 0 Å². The molecule has 2 rings (SSSR count). The molecule has 0 aromatic heterocycles. The molecular weight excluding hydrogens is 311 g/mol. The first-order valence-electron chi connectivity index (χ1n) is 7.12. The van der Waals surface area contributed by atoms with Crippen LogP contribution in [0, 0.1) is 5.92 Å². The summed E-state index contributed by atoms with van der Waals surface area (Å²) < 4.78 is 0. The van der Waals surface area contributed by atoms with Crippen LogP contribution in [0.4, 0.5) is 4.79 Å². The Morgan fingerprint density at radius 3 is 2.67 bits per heavy atom. The number of benzene rings is 1. The van der Waals surface area contributed by atoms with Crippen molar-refractivity contribution in [1.82, 2.24) is 10.2 Å². The van der Waals surface area contributed by atoms with Crippen LogP contribution < -0.4 is 5.32 Å². The summed E-state index contributed by atoms with van der Waals surface area (Å²) in [5.74, 6) is 0.317. The maximum absolute atomic E-state index is 12.2. The van der Waals surface area contributed by atoms with Gasteiger partial charge in [0, 0.05) is 29.7 Å². The first kappa shape index (κ1) is 16.4. The van der Waals surface area contributed by atoms with E-state index in [0.29, 0.717) is 29.1 Å². The van der Waals surface area contributed by atoms with E-state index in [1.165, 1.54) is 0 Å². The lowest BCUT2D eigenvalue weighted by molar-refractivity contribution is 0.136. The highest BCUT2D eigenvalue weighted by molar-refractivity contribution is 6.35. The average Bonchev–Trinajstić information content (AvgIpc) is 2.47. The Labute approximate surface area is 135 Å². The molecule has 1 aromatic rings. The van der Waals surface area contributed by atoms with E-state index in [2.05, 4.69) is 5.32 Å². The van der Waals surface area contributed by atoms with Crippen molar-refractivity contribution in [2.75, 3.05) is 19.7 Å². The zero-order valence-corrected chi connectivity index (χ0v) is 13.5. The first-order valence-corrected chi connectivity index (χ1v) is 7.88. The Balaban J connectivity index is 1.93. The van der Waals surface area contributed by atoms with Gasteiger partial charge in [0.15, 0.2) is 0 Å². The Kier molecular flexibility index (Phi) is 5.73. The highest BCUT2D eigenvalue weighted by atomic mass is 35.5. The van der Waals surface area contributed by atoms with E-state index in [-0.39, 0.29) is 18.7 Å². The second-order valence-electron chi connectivity index (χ2n) is 5.45. The smallest absolute Gasteiger partial charge is 0.317 e. The number of carbonyl (C=O) groups excluding carboxylic acids is 1. The number of amides is 2. The Bertz CT molecular complexity index is 502. The van der Waals surface area contributed by atoms with Crippen LogP contribution in [0.1, 0.15) is 31.4 Å². The molecule has 0 radical (unpaired) electrons. The minimum atomic E-state index is -0.183. The Morgan fingerprint density at radius 1 is 1.43 bits per heavy atom. The molecular formula is C15H20Cl2N2O2. The number of hydrogen-bond donors (Lipinski definition) is 2. The average molecular weight is 331 g/mol. The van der Waals surface area contributed by atoms with E-state index < -0.39 is 0 Å². The number of halogens is 2. The number of aliphatic hydroxyl groups is 1. The van der Waals surface area contributed by atoms with Gasteiger partial charge in [0.05, 0.1) is 6.04 Å². The molecule has 0 bridgehead atoms. The number of urea groups is 1. The van der Waals surface area contributed by atoms with Crippen molar-refractivity contribution in [1.29, 1.82) is 0 Å². The van der Waals surface area contributed by atoms with Crippen LogP contribution in [0.25, 0.3) is 0 Å².